The van der Waals surface area contributed by atoms with E-state index in [-0.39, 0.29) is 29.2 Å². The number of benzene rings is 2. The van der Waals surface area contributed by atoms with Crippen LogP contribution >= 0.6 is 0 Å². The summed E-state index contributed by atoms with van der Waals surface area (Å²) >= 11 is 0. The van der Waals surface area contributed by atoms with Crippen molar-refractivity contribution in [3.63, 3.8) is 0 Å². The number of ether oxygens (including phenoxy) is 1. The Morgan fingerprint density at radius 2 is 1.66 bits per heavy atom. The highest BCUT2D eigenvalue weighted by atomic mass is 32.2. The fourth-order valence-corrected chi connectivity index (χ4v) is 6.56. The van der Waals surface area contributed by atoms with Gasteiger partial charge in [0.15, 0.2) is 0 Å². The van der Waals surface area contributed by atoms with Gasteiger partial charge in [0.1, 0.15) is 11.9 Å². The van der Waals surface area contributed by atoms with Crippen LogP contribution in [-0.2, 0) is 24.3 Å². The number of halogens is 1. The zero-order chi connectivity index (χ0) is 25.2. The summed E-state index contributed by atoms with van der Waals surface area (Å²) in [5.74, 6) is -2.27. The van der Waals surface area contributed by atoms with Crippen LogP contribution in [0.2, 0.25) is 0 Å². The summed E-state index contributed by atoms with van der Waals surface area (Å²) in [6.45, 7) is 1.90. The van der Waals surface area contributed by atoms with Crippen molar-refractivity contribution in [2.75, 3.05) is 11.5 Å². The molecule has 2 amide bonds. The summed E-state index contributed by atoms with van der Waals surface area (Å²) in [7, 11) is -4.18. The Balaban J connectivity index is 1.67. The van der Waals surface area contributed by atoms with Crippen LogP contribution in [0.15, 0.2) is 53.4 Å². The number of anilines is 1. The van der Waals surface area contributed by atoms with Gasteiger partial charge in [0.05, 0.1) is 29.2 Å². The standard InChI is InChI=1S/C25H27FN2O6S/c1-2-34-25(31)17-8-12-19(13-9-17)27-23(29)16-22(24(27)30)28(20-6-4-3-5-7-20)35(32,33)21-14-10-18(26)11-15-21/h8-15,20,22H,2-7,16H2,1H3. The Hall–Kier alpha value is -3.11. The molecule has 1 atom stereocenters. The quantitative estimate of drug-likeness (QED) is 0.423. The van der Waals surface area contributed by atoms with E-state index in [1.165, 1.54) is 40.7 Å². The van der Waals surface area contributed by atoms with Crippen molar-refractivity contribution >= 4 is 33.5 Å². The second-order valence-electron chi connectivity index (χ2n) is 8.64. The molecule has 1 aliphatic carbocycles. The van der Waals surface area contributed by atoms with Gasteiger partial charge in [0, 0.05) is 6.04 Å². The van der Waals surface area contributed by atoms with Gasteiger partial charge in [-0.2, -0.15) is 4.31 Å². The maximum atomic E-state index is 13.7. The largest absolute Gasteiger partial charge is 0.462 e. The molecule has 1 heterocycles. The lowest BCUT2D eigenvalue weighted by molar-refractivity contribution is -0.122. The van der Waals surface area contributed by atoms with Gasteiger partial charge in [0.2, 0.25) is 15.9 Å². The SMILES string of the molecule is CCOC(=O)c1ccc(N2C(=O)CC(N(C3CCCCC3)S(=O)(=O)c3ccc(F)cc3)C2=O)cc1. The first-order chi connectivity index (χ1) is 16.7. The molecule has 1 unspecified atom stereocenters. The van der Waals surface area contributed by atoms with Crippen LogP contribution in [0, 0.1) is 5.82 Å². The van der Waals surface area contributed by atoms with E-state index < -0.39 is 45.7 Å². The number of nitrogens with zero attached hydrogens (tertiary/aromatic N) is 2. The van der Waals surface area contributed by atoms with Crippen molar-refractivity contribution in [2.45, 2.75) is 62.4 Å². The van der Waals surface area contributed by atoms with E-state index in [1.54, 1.807) is 6.92 Å². The minimum absolute atomic E-state index is 0.123. The summed E-state index contributed by atoms with van der Waals surface area (Å²) < 4.78 is 46.9. The predicted molar refractivity (Wildman–Crippen MR) is 126 cm³/mol. The molecule has 0 bridgehead atoms. The molecule has 186 valence electrons. The molecule has 1 saturated heterocycles. The van der Waals surface area contributed by atoms with Gasteiger partial charge in [-0.1, -0.05) is 19.3 Å². The normalized spacial score (nSPS) is 19.4. The third-order valence-electron chi connectivity index (χ3n) is 6.39. The molecule has 35 heavy (non-hydrogen) atoms. The molecule has 0 N–H and O–H groups in total. The molecule has 0 aromatic heterocycles. The lowest BCUT2D eigenvalue weighted by Crippen LogP contribution is -2.51. The van der Waals surface area contributed by atoms with Crippen LogP contribution in [0.5, 0.6) is 0 Å². The second-order valence-corrected chi connectivity index (χ2v) is 10.5. The molecule has 4 rings (SSSR count). The topological polar surface area (TPSA) is 101 Å². The number of carbonyl (C=O) groups excluding carboxylic acids is 3. The first-order valence-electron chi connectivity index (χ1n) is 11.7. The van der Waals surface area contributed by atoms with Crippen molar-refractivity contribution in [3.05, 3.63) is 59.9 Å². The fraction of sp³-hybridized carbons (Fsp3) is 0.400. The molecular weight excluding hydrogens is 475 g/mol. The zero-order valence-electron chi connectivity index (χ0n) is 19.4. The highest BCUT2D eigenvalue weighted by molar-refractivity contribution is 7.89. The Morgan fingerprint density at radius 3 is 2.26 bits per heavy atom. The number of rotatable bonds is 7. The minimum Gasteiger partial charge on any atom is -0.462 e. The van der Waals surface area contributed by atoms with Crippen LogP contribution < -0.4 is 4.90 Å². The number of carbonyl (C=O) groups is 3. The maximum Gasteiger partial charge on any atom is 0.338 e. The monoisotopic (exact) mass is 502 g/mol. The van der Waals surface area contributed by atoms with E-state index in [9.17, 15) is 27.2 Å². The van der Waals surface area contributed by atoms with Crippen LogP contribution in [0.1, 0.15) is 55.8 Å². The summed E-state index contributed by atoms with van der Waals surface area (Å²) in [4.78, 5) is 39.2. The van der Waals surface area contributed by atoms with Gasteiger partial charge in [-0.25, -0.2) is 22.5 Å². The van der Waals surface area contributed by atoms with Gasteiger partial charge < -0.3 is 4.74 Å². The fourth-order valence-electron chi connectivity index (χ4n) is 4.73. The van der Waals surface area contributed by atoms with Crippen molar-refractivity contribution in [1.29, 1.82) is 0 Å². The molecule has 10 heteroatoms. The third kappa shape index (κ3) is 4.99. The van der Waals surface area contributed by atoms with Gasteiger partial charge in [-0.15, -0.1) is 0 Å². The van der Waals surface area contributed by atoms with Crippen LogP contribution in [0.25, 0.3) is 0 Å². The average Bonchev–Trinajstić information content (AvgIpc) is 3.13. The summed E-state index contributed by atoms with van der Waals surface area (Å²) in [5, 5.41) is 0. The number of hydrogen-bond donors (Lipinski definition) is 0. The van der Waals surface area contributed by atoms with Crippen molar-refractivity contribution in [1.82, 2.24) is 4.31 Å². The predicted octanol–water partition coefficient (Wildman–Crippen LogP) is 3.66. The zero-order valence-corrected chi connectivity index (χ0v) is 20.2. The van der Waals surface area contributed by atoms with Crippen molar-refractivity contribution in [3.8, 4) is 0 Å². The Labute approximate surface area is 203 Å². The summed E-state index contributed by atoms with van der Waals surface area (Å²) in [6.07, 6.45) is 3.45. The molecular formula is C25H27FN2O6S. The first kappa shape index (κ1) is 25.0. The van der Waals surface area contributed by atoms with Crippen LogP contribution in [0.4, 0.5) is 10.1 Å². The molecule has 2 aromatic rings. The Kier molecular flexibility index (Phi) is 7.32. The molecule has 8 nitrogen and oxygen atoms in total. The third-order valence-corrected chi connectivity index (χ3v) is 8.37. The highest BCUT2D eigenvalue weighted by Gasteiger charge is 2.49. The smallest absolute Gasteiger partial charge is 0.338 e. The number of esters is 1. The molecule has 1 saturated carbocycles. The van der Waals surface area contributed by atoms with E-state index in [0.29, 0.717) is 12.8 Å². The number of sulfonamides is 1. The lowest BCUT2D eigenvalue weighted by Gasteiger charge is -2.36. The van der Waals surface area contributed by atoms with E-state index >= 15 is 0 Å². The molecule has 2 fully saturated rings. The highest BCUT2D eigenvalue weighted by Crippen LogP contribution is 2.35. The Morgan fingerprint density at radius 1 is 1.03 bits per heavy atom. The number of imide groups is 1. The molecule has 0 radical (unpaired) electrons. The molecule has 2 aliphatic rings. The van der Waals surface area contributed by atoms with Gasteiger partial charge in [-0.3, -0.25) is 9.59 Å². The summed E-state index contributed by atoms with van der Waals surface area (Å²) in [6, 6.07) is 8.66. The maximum absolute atomic E-state index is 13.7. The van der Waals surface area contributed by atoms with Crippen molar-refractivity contribution in [2.24, 2.45) is 0 Å². The first-order valence-corrected chi connectivity index (χ1v) is 13.1. The molecule has 0 spiro atoms. The molecule has 1 aliphatic heterocycles. The number of hydrogen-bond acceptors (Lipinski definition) is 6. The van der Waals surface area contributed by atoms with Gasteiger partial charge in [-0.05, 0) is 68.3 Å². The summed E-state index contributed by atoms with van der Waals surface area (Å²) in [5.41, 5.74) is 0.521. The van der Waals surface area contributed by atoms with E-state index in [0.717, 1.165) is 36.3 Å². The van der Waals surface area contributed by atoms with E-state index in [1.807, 2.05) is 0 Å². The van der Waals surface area contributed by atoms with Gasteiger partial charge in [0.25, 0.3) is 5.91 Å². The van der Waals surface area contributed by atoms with Crippen LogP contribution in [0.3, 0.4) is 0 Å². The van der Waals surface area contributed by atoms with E-state index in [4.69, 9.17) is 4.74 Å². The Bertz CT molecular complexity index is 1210. The lowest BCUT2D eigenvalue weighted by atomic mass is 9.94. The minimum atomic E-state index is -4.18. The second kappa shape index (κ2) is 10.2. The van der Waals surface area contributed by atoms with Gasteiger partial charge >= 0.3 is 5.97 Å². The molecule has 2 aromatic carbocycles. The van der Waals surface area contributed by atoms with Crippen LogP contribution in [-0.4, -0.2) is 49.2 Å². The van der Waals surface area contributed by atoms with E-state index in [2.05, 4.69) is 0 Å². The van der Waals surface area contributed by atoms with Crippen molar-refractivity contribution < 1.29 is 31.9 Å². The number of amides is 2. The average molecular weight is 503 g/mol.